The highest BCUT2D eigenvalue weighted by Gasteiger charge is 2.31. The number of carbonyl (C=O) groups is 1. The standard InChI is InChI=1S/C13H24O2/c1-4-10-8-11(5-2)12(9-10)6-7-13(14)15-3/h10-12H,4-9H2,1-3H3. The molecule has 0 amide bonds. The second-order valence-corrected chi connectivity index (χ2v) is 4.79. The summed E-state index contributed by atoms with van der Waals surface area (Å²) < 4.78 is 4.69. The molecule has 1 rings (SSSR count). The van der Waals surface area contributed by atoms with Gasteiger partial charge in [0.25, 0.3) is 0 Å². The first kappa shape index (κ1) is 12.5. The van der Waals surface area contributed by atoms with Gasteiger partial charge in [0.1, 0.15) is 0 Å². The molecule has 2 nitrogen and oxygen atoms in total. The largest absolute Gasteiger partial charge is 0.469 e. The van der Waals surface area contributed by atoms with Crippen LogP contribution < -0.4 is 0 Å². The van der Waals surface area contributed by atoms with Crippen LogP contribution in [0.3, 0.4) is 0 Å². The third-order valence-electron chi connectivity index (χ3n) is 3.99. The Labute approximate surface area is 93.4 Å². The van der Waals surface area contributed by atoms with Crippen molar-refractivity contribution in [3.63, 3.8) is 0 Å². The SMILES string of the molecule is CCC1CC(CC)C(CCC(=O)OC)C1. The second-order valence-electron chi connectivity index (χ2n) is 4.79. The molecule has 1 saturated carbocycles. The summed E-state index contributed by atoms with van der Waals surface area (Å²) in [5.74, 6) is 2.46. The Bertz CT molecular complexity index is 201. The van der Waals surface area contributed by atoms with Crippen molar-refractivity contribution in [2.24, 2.45) is 17.8 Å². The molecule has 3 atom stereocenters. The molecule has 0 radical (unpaired) electrons. The van der Waals surface area contributed by atoms with Crippen molar-refractivity contribution in [3.8, 4) is 0 Å². The zero-order valence-corrected chi connectivity index (χ0v) is 10.3. The van der Waals surface area contributed by atoms with E-state index in [0.717, 1.165) is 24.2 Å². The lowest BCUT2D eigenvalue weighted by Gasteiger charge is -2.16. The first-order chi connectivity index (χ1) is 7.21. The number of rotatable bonds is 5. The molecule has 0 bridgehead atoms. The summed E-state index contributed by atoms with van der Waals surface area (Å²) in [6, 6.07) is 0. The van der Waals surface area contributed by atoms with Crippen LogP contribution in [-0.4, -0.2) is 13.1 Å². The van der Waals surface area contributed by atoms with Crippen molar-refractivity contribution < 1.29 is 9.53 Å². The fourth-order valence-electron chi connectivity index (χ4n) is 2.93. The number of carbonyl (C=O) groups excluding carboxylic acids is 1. The number of hydrogen-bond acceptors (Lipinski definition) is 2. The highest BCUT2D eigenvalue weighted by Crippen LogP contribution is 2.42. The molecule has 2 heteroatoms. The van der Waals surface area contributed by atoms with E-state index in [-0.39, 0.29) is 5.97 Å². The highest BCUT2D eigenvalue weighted by molar-refractivity contribution is 5.69. The van der Waals surface area contributed by atoms with Crippen LogP contribution in [0.15, 0.2) is 0 Å². The number of methoxy groups -OCH3 is 1. The van der Waals surface area contributed by atoms with Crippen molar-refractivity contribution in [2.45, 2.75) is 52.4 Å². The molecule has 0 aromatic rings. The zero-order chi connectivity index (χ0) is 11.3. The van der Waals surface area contributed by atoms with Gasteiger partial charge in [-0.3, -0.25) is 4.79 Å². The molecule has 15 heavy (non-hydrogen) atoms. The Morgan fingerprint density at radius 1 is 1.20 bits per heavy atom. The fourth-order valence-corrected chi connectivity index (χ4v) is 2.93. The molecule has 1 aliphatic rings. The fraction of sp³-hybridized carbons (Fsp3) is 0.923. The third kappa shape index (κ3) is 3.51. The molecule has 3 unspecified atom stereocenters. The van der Waals surface area contributed by atoms with Crippen LogP contribution in [0.4, 0.5) is 0 Å². The molecular formula is C13H24O2. The van der Waals surface area contributed by atoms with Gasteiger partial charge < -0.3 is 4.74 Å². The Morgan fingerprint density at radius 3 is 2.40 bits per heavy atom. The Balaban J connectivity index is 2.36. The molecule has 0 aliphatic heterocycles. The van der Waals surface area contributed by atoms with E-state index in [1.54, 1.807) is 0 Å². The van der Waals surface area contributed by atoms with Gasteiger partial charge in [-0.25, -0.2) is 0 Å². The quantitative estimate of drug-likeness (QED) is 0.653. The summed E-state index contributed by atoms with van der Waals surface area (Å²) in [4.78, 5) is 11.1. The summed E-state index contributed by atoms with van der Waals surface area (Å²) in [5, 5.41) is 0. The minimum Gasteiger partial charge on any atom is -0.469 e. The van der Waals surface area contributed by atoms with Gasteiger partial charge in [-0.05, 0) is 37.0 Å². The van der Waals surface area contributed by atoms with Crippen molar-refractivity contribution in [2.75, 3.05) is 7.11 Å². The Morgan fingerprint density at radius 2 is 1.87 bits per heavy atom. The molecule has 0 aromatic heterocycles. The van der Waals surface area contributed by atoms with Crippen LogP contribution in [0, 0.1) is 17.8 Å². The van der Waals surface area contributed by atoms with Gasteiger partial charge in [0.2, 0.25) is 0 Å². The maximum absolute atomic E-state index is 11.1. The molecule has 0 aromatic carbocycles. The number of esters is 1. The first-order valence-corrected chi connectivity index (χ1v) is 6.28. The molecule has 1 fully saturated rings. The summed E-state index contributed by atoms with van der Waals surface area (Å²) in [7, 11) is 1.48. The second kappa shape index (κ2) is 6.14. The number of ether oxygens (including phenoxy) is 1. The summed E-state index contributed by atoms with van der Waals surface area (Å²) in [6.45, 7) is 4.55. The van der Waals surface area contributed by atoms with Crippen LogP contribution in [0.2, 0.25) is 0 Å². The van der Waals surface area contributed by atoms with E-state index in [1.165, 1.54) is 32.8 Å². The predicted octanol–water partition coefficient (Wildman–Crippen LogP) is 3.40. The van der Waals surface area contributed by atoms with Gasteiger partial charge in [-0.2, -0.15) is 0 Å². The van der Waals surface area contributed by atoms with Crippen LogP contribution in [0.5, 0.6) is 0 Å². The van der Waals surface area contributed by atoms with E-state index < -0.39 is 0 Å². The van der Waals surface area contributed by atoms with Gasteiger partial charge in [-0.1, -0.05) is 26.7 Å². The van der Waals surface area contributed by atoms with E-state index in [9.17, 15) is 4.79 Å². The van der Waals surface area contributed by atoms with Crippen LogP contribution >= 0.6 is 0 Å². The van der Waals surface area contributed by atoms with Gasteiger partial charge in [-0.15, -0.1) is 0 Å². The van der Waals surface area contributed by atoms with E-state index in [2.05, 4.69) is 13.8 Å². The molecule has 1 aliphatic carbocycles. The lowest BCUT2D eigenvalue weighted by atomic mass is 9.90. The van der Waals surface area contributed by atoms with Gasteiger partial charge >= 0.3 is 5.97 Å². The van der Waals surface area contributed by atoms with E-state index >= 15 is 0 Å². The van der Waals surface area contributed by atoms with Crippen molar-refractivity contribution in [3.05, 3.63) is 0 Å². The van der Waals surface area contributed by atoms with E-state index in [1.807, 2.05) is 0 Å². The molecular weight excluding hydrogens is 188 g/mol. The Hall–Kier alpha value is -0.530. The van der Waals surface area contributed by atoms with Crippen molar-refractivity contribution in [1.29, 1.82) is 0 Å². The van der Waals surface area contributed by atoms with E-state index in [0.29, 0.717) is 6.42 Å². The summed E-state index contributed by atoms with van der Waals surface area (Å²) in [6.07, 6.45) is 6.90. The lowest BCUT2D eigenvalue weighted by molar-refractivity contribution is -0.141. The average Bonchev–Trinajstić information content (AvgIpc) is 2.68. The third-order valence-corrected chi connectivity index (χ3v) is 3.99. The first-order valence-electron chi connectivity index (χ1n) is 6.28. The number of hydrogen-bond donors (Lipinski definition) is 0. The molecule has 0 saturated heterocycles. The zero-order valence-electron chi connectivity index (χ0n) is 10.3. The predicted molar refractivity (Wildman–Crippen MR) is 61.5 cm³/mol. The van der Waals surface area contributed by atoms with Crippen LogP contribution in [0.1, 0.15) is 52.4 Å². The molecule has 0 spiro atoms. The minimum atomic E-state index is -0.0511. The normalized spacial score (nSPS) is 30.5. The van der Waals surface area contributed by atoms with Crippen LogP contribution in [-0.2, 0) is 9.53 Å². The van der Waals surface area contributed by atoms with E-state index in [4.69, 9.17) is 4.74 Å². The van der Waals surface area contributed by atoms with Crippen molar-refractivity contribution >= 4 is 5.97 Å². The molecule has 0 N–H and O–H groups in total. The minimum absolute atomic E-state index is 0.0511. The highest BCUT2D eigenvalue weighted by atomic mass is 16.5. The smallest absolute Gasteiger partial charge is 0.305 e. The summed E-state index contributed by atoms with van der Waals surface area (Å²) >= 11 is 0. The monoisotopic (exact) mass is 212 g/mol. The van der Waals surface area contributed by atoms with Gasteiger partial charge in [0, 0.05) is 6.42 Å². The van der Waals surface area contributed by atoms with Crippen LogP contribution in [0.25, 0.3) is 0 Å². The molecule has 88 valence electrons. The maximum atomic E-state index is 11.1. The Kier molecular flexibility index (Phi) is 5.13. The summed E-state index contributed by atoms with van der Waals surface area (Å²) in [5.41, 5.74) is 0. The van der Waals surface area contributed by atoms with Gasteiger partial charge in [0.15, 0.2) is 0 Å². The lowest BCUT2D eigenvalue weighted by Crippen LogP contribution is -2.10. The topological polar surface area (TPSA) is 26.3 Å². The maximum Gasteiger partial charge on any atom is 0.305 e. The average molecular weight is 212 g/mol. The van der Waals surface area contributed by atoms with Crippen molar-refractivity contribution in [1.82, 2.24) is 0 Å². The molecule has 0 heterocycles. The van der Waals surface area contributed by atoms with Gasteiger partial charge in [0.05, 0.1) is 7.11 Å².